The molecule has 23 heavy (non-hydrogen) atoms. The lowest BCUT2D eigenvalue weighted by Gasteiger charge is -2.03. The molecule has 0 N–H and O–H groups in total. The molecule has 2 rings (SSSR count). The number of sulfone groups is 1. The van der Waals surface area contributed by atoms with Crippen LogP contribution in [0.25, 0.3) is 6.08 Å². The van der Waals surface area contributed by atoms with E-state index in [-0.39, 0.29) is 16.1 Å². The molecule has 0 fully saturated rings. The van der Waals surface area contributed by atoms with Gasteiger partial charge >= 0.3 is 0 Å². The first-order valence-corrected chi connectivity index (χ1v) is 7.70. The fourth-order valence-electron chi connectivity index (χ4n) is 1.83. The summed E-state index contributed by atoms with van der Waals surface area (Å²) in [6.07, 6.45) is 0.927. The van der Waals surface area contributed by atoms with Gasteiger partial charge in [0.15, 0.2) is 0 Å². The average molecular weight is 332 g/mol. The Kier molecular flexibility index (Phi) is 4.52. The number of hydrogen-bond donors (Lipinski definition) is 0. The van der Waals surface area contributed by atoms with Gasteiger partial charge < -0.3 is 0 Å². The molecule has 0 amide bonds. The zero-order valence-corrected chi connectivity index (χ0v) is 12.3. The van der Waals surface area contributed by atoms with Crippen LogP contribution in [-0.2, 0) is 9.84 Å². The zero-order valence-electron chi connectivity index (χ0n) is 11.5. The van der Waals surface area contributed by atoms with Crippen molar-refractivity contribution in [3.8, 4) is 6.07 Å². The summed E-state index contributed by atoms with van der Waals surface area (Å²) in [7, 11) is -4.20. The molecule has 0 radical (unpaired) electrons. The van der Waals surface area contributed by atoms with E-state index in [1.807, 2.05) is 0 Å². The molecule has 0 atom stereocenters. The van der Waals surface area contributed by atoms with E-state index in [4.69, 9.17) is 5.26 Å². The minimum atomic E-state index is -4.20. The van der Waals surface area contributed by atoms with Crippen LogP contribution in [0.2, 0.25) is 0 Å². The highest BCUT2D eigenvalue weighted by molar-refractivity contribution is 7.95. The van der Waals surface area contributed by atoms with Crippen molar-refractivity contribution < 1.29 is 17.7 Å². The molecule has 0 unspecified atom stereocenters. The second-order valence-electron chi connectivity index (χ2n) is 4.39. The number of hydrogen-bond acceptors (Lipinski definition) is 5. The van der Waals surface area contributed by atoms with E-state index in [0.717, 1.165) is 30.3 Å². The van der Waals surface area contributed by atoms with Crippen LogP contribution in [-0.4, -0.2) is 13.3 Å². The Hall–Kier alpha value is -3.05. The van der Waals surface area contributed by atoms with Crippen LogP contribution in [0.3, 0.4) is 0 Å². The summed E-state index contributed by atoms with van der Waals surface area (Å²) in [6.45, 7) is 0. The fraction of sp³-hybridized carbons (Fsp3) is 0. The number of nitriles is 1. The lowest BCUT2D eigenvalue weighted by molar-refractivity contribution is -0.385. The summed E-state index contributed by atoms with van der Waals surface area (Å²) >= 11 is 0. The first kappa shape index (κ1) is 16.3. The maximum absolute atomic E-state index is 12.9. The molecule has 0 aliphatic rings. The van der Waals surface area contributed by atoms with E-state index >= 15 is 0 Å². The molecule has 6 nitrogen and oxygen atoms in total. The molecule has 2 aromatic rings. The van der Waals surface area contributed by atoms with Gasteiger partial charge in [0.25, 0.3) is 5.69 Å². The first-order valence-electron chi connectivity index (χ1n) is 6.22. The van der Waals surface area contributed by atoms with Crippen molar-refractivity contribution in [2.45, 2.75) is 4.90 Å². The minimum Gasteiger partial charge on any atom is -0.258 e. The number of benzene rings is 2. The molecule has 0 bridgehead atoms. The molecule has 0 spiro atoms. The highest BCUT2D eigenvalue weighted by atomic mass is 32.2. The van der Waals surface area contributed by atoms with Crippen molar-refractivity contribution in [2.24, 2.45) is 0 Å². The monoisotopic (exact) mass is 332 g/mol. The van der Waals surface area contributed by atoms with Gasteiger partial charge in [-0.3, -0.25) is 10.1 Å². The van der Waals surface area contributed by atoms with E-state index < -0.39 is 25.5 Å². The fourth-order valence-corrected chi connectivity index (χ4v) is 2.98. The summed E-state index contributed by atoms with van der Waals surface area (Å²) in [5.74, 6) is -0.620. The molecule has 0 saturated heterocycles. The van der Waals surface area contributed by atoms with E-state index in [9.17, 15) is 22.9 Å². The quantitative estimate of drug-likeness (QED) is 0.370. The smallest absolute Gasteiger partial charge is 0.258 e. The Morgan fingerprint density at radius 3 is 2.35 bits per heavy atom. The van der Waals surface area contributed by atoms with Gasteiger partial charge in [-0.05, 0) is 36.4 Å². The maximum atomic E-state index is 12.9. The average Bonchev–Trinajstić information content (AvgIpc) is 2.53. The molecule has 2 aromatic carbocycles. The summed E-state index contributed by atoms with van der Waals surface area (Å²) in [4.78, 5) is 9.33. The molecule has 0 aliphatic heterocycles. The standard InChI is InChI=1S/C15H9FN2O4S/c16-12-5-7-13(8-6-12)23(21,22)14(10-17)9-11-3-1-2-4-15(11)18(19)20/h1-9H. The van der Waals surface area contributed by atoms with Crippen LogP contribution in [0.15, 0.2) is 58.3 Å². The van der Waals surface area contributed by atoms with E-state index in [1.54, 1.807) is 0 Å². The molecule has 0 heterocycles. The predicted octanol–water partition coefficient (Wildman–Crippen LogP) is 3.07. The predicted molar refractivity (Wildman–Crippen MR) is 80.3 cm³/mol. The van der Waals surface area contributed by atoms with E-state index in [2.05, 4.69) is 0 Å². The lowest BCUT2D eigenvalue weighted by Crippen LogP contribution is -2.04. The number of para-hydroxylation sites is 1. The molecule has 0 aromatic heterocycles. The zero-order chi connectivity index (χ0) is 17.0. The Bertz CT molecular complexity index is 929. The second-order valence-corrected chi connectivity index (χ2v) is 6.31. The molecular formula is C15H9FN2O4S. The van der Waals surface area contributed by atoms with Crippen molar-refractivity contribution in [2.75, 3.05) is 0 Å². The van der Waals surface area contributed by atoms with Crippen molar-refractivity contribution in [3.63, 3.8) is 0 Å². The van der Waals surface area contributed by atoms with Gasteiger partial charge in [-0.1, -0.05) is 12.1 Å². The van der Waals surface area contributed by atoms with Gasteiger partial charge in [0, 0.05) is 6.07 Å². The maximum Gasteiger partial charge on any atom is 0.276 e. The largest absolute Gasteiger partial charge is 0.276 e. The number of nitrogens with zero attached hydrogens (tertiary/aromatic N) is 2. The number of nitro benzene ring substituents is 1. The highest BCUT2D eigenvalue weighted by Crippen LogP contribution is 2.25. The summed E-state index contributed by atoms with van der Waals surface area (Å²) in [5.41, 5.74) is -0.339. The summed E-state index contributed by atoms with van der Waals surface area (Å²) < 4.78 is 37.7. The third kappa shape index (κ3) is 3.41. The van der Waals surface area contributed by atoms with Crippen molar-refractivity contribution in [1.29, 1.82) is 5.26 Å². The van der Waals surface area contributed by atoms with Gasteiger partial charge in [0.2, 0.25) is 9.84 Å². The Labute approximate surface area is 131 Å². The number of allylic oxidation sites excluding steroid dienone is 1. The van der Waals surface area contributed by atoms with Crippen LogP contribution in [0.1, 0.15) is 5.56 Å². The third-order valence-electron chi connectivity index (χ3n) is 2.94. The normalized spacial score (nSPS) is 11.7. The van der Waals surface area contributed by atoms with Crippen molar-refractivity contribution in [3.05, 3.63) is 74.9 Å². The van der Waals surface area contributed by atoms with Crippen molar-refractivity contribution >= 4 is 21.6 Å². The number of halogens is 1. The third-order valence-corrected chi connectivity index (χ3v) is 4.62. The Balaban J connectivity index is 2.58. The lowest BCUT2D eigenvalue weighted by atomic mass is 10.1. The van der Waals surface area contributed by atoms with E-state index in [1.165, 1.54) is 30.3 Å². The number of rotatable bonds is 4. The van der Waals surface area contributed by atoms with Crippen LogP contribution >= 0.6 is 0 Å². The van der Waals surface area contributed by atoms with Crippen LogP contribution < -0.4 is 0 Å². The highest BCUT2D eigenvalue weighted by Gasteiger charge is 2.22. The van der Waals surface area contributed by atoms with Crippen LogP contribution in [0.5, 0.6) is 0 Å². The van der Waals surface area contributed by atoms with Gasteiger partial charge in [0.1, 0.15) is 16.8 Å². The molecule has 8 heteroatoms. The molecule has 0 aliphatic carbocycles. The first-order chi connectivity index (χ1) is 10.9. The summed E-state index contributed by atoms with van der Waals surface area (Å²) in [6, 6.07) is 10.9. The van der Waals surface area contributed by atoms with Crippen LogP contribution in [0, 0.1) is 27.3 Å². The van der Waals surface area contributed by atoms with E-state index in [0.29, 0.717) is 0 Å². The van der Waals surface area contributed by atoms with Gasteiger partial charge in [-0.15, -0.1) is 0 Å². The minimum absolute atomic E-state index is 0.0141. The van der Waals surface area contributed by atoms with Crippen LogP contribution in [0.4, 0.5) is 10.1 Å². The molecular weight excluding hydrogens is 323 g/mol. The Morgan fingerprint density at radius 2 is 1.78 bits per heavy atom. The summed E-state index contributed by atoms with van der Waals surface area (Å²) in [5, 5.41) is 20.1. The van der Waals surface area contributed by atoms with Gasteiger partial charge in [-0.2, -0.15) is 5.26 Å². The second kappa shape index (κ2) is 6.37. The van der Waals surface area contributed by atoms with Gasteiger partial charge in [-0.25, -0.2) is 12.8 Å². The molecule has 116 valence electrons. The SMILES string of the molecule is N#CC(=Cc1ccccc1[N+](=O)[O-])S(=O)(=O)c1ccc(F)cc1. The topological polar surface area (TPSA) is 101 Å². The Morgan fingerprint density at radius 1 is 1.17 bits per heavy atom. The number of nitro groups is 1. The molecule has 0 saturated carbocycles. The van der Waals surface area contributed by atoms with Crippen molar-refractivity contribution in [1.82, 2.24) is 0 Å². The van der Waals surface area contributed by atoms with Gasteiger partial charge in [0.05, 0.1) is 15.4 Å².